The summed E-state index contributed by atoms with van der Waals surface area (Å²) in [6.07, 6.45) is 2.14. The first kappa shape index (κ1) is 14.6. The highest BCUT2D eigenvalue weighted by molar-refractivity contribution is 5.78. The predicted molar refractivity (Wildman–Crippen MR) is 70.8 cm³/mol. The zero-order chi connectivity index (χ0) is 15.1. The van der Waals surface area contributed by atoms with Gasteiger partial charge < -0.3 is 24.9 Å². The Labute approximate surface area is 121 Å². The second kappa shape index (κ2) is 7.09. The van der Waals surface area contributed by atoms with Gasteiger partial charge in [-0.05, 0) is 5.56 Å². The lowest BCUT2D eigenvalue weighted by molar-refractivity contribution is -0.308. The summed E-state index contributed by atoms with van der Waals surface area (Å²) in [5.74, 6) is -1.39. The molecule has 2 N–H and O–H groups in total. The average Bonchev–Trinajstić information content (AvgIpc) is 2.98. The molecule has 1 aromatic heterocycles. The van der Waals surface area contributed by atoms with Gasteiger partial charge in [-0.3, -0.25) is 0 Å². The first-order valence-electron chi connectivity index (χ1n) is 6.30. The number of H-pyrrole nitrogens is 1. The van der Waals surface area contributed by atoms with Gasteiger partial charge in [0.25, 0.3) is 0 Å². The van der Waals surface area contributed by atoms with Crippen molar-refractivity contribution in [1.82, 2.24) is 15.3 Å². The number of aromatic nitrogens is 2. The number of aromatic amines is 1. The van der Waals surface area contributed by atoms with E-state index < -0.39 is 18.1 Å². The Morgan fingerprint density at radius 3 is 2.71 bits per heavy atom. The molecule has 0 spiro atoms. The number of rotatable bonds is 6. The van der Waals surface area contributed by atoms with Crippen molar-refractivity contribution in [1.29, 1.82) is 0 Å². The molecule has 2 aromatic rings. The van der Waals surface area contributed by atoms with Gasteiger partial charge in [0, 0.05) is 18.3 Å². The van der Waals surface area contributed by atoms with E-state index in [0.29, 0.717) is 5.69 Å². The van der Waals surface area contributed by atoms with Crippen molar-refractivity contribution in [2.75, 3.05) is 0 Å². The molecule has 0 fully saturated rings. The first-order chi connectivity index (χ1) is 10.1. The largest absolute Gasteiger partial charge is 0.548 e. The maximum atomic E-state index is 11.6. The van der Waals surface area contributed by atoms with Crippen molar-refractivity contribution in [3.05, 3.63) is 54.1 Å². The highest BCUT2D eigenvalue weighted by Gasteiger charge is 2.15. The third-order valence-electron chi connectivity index (χ3n) is 2.77. The fourth-order valence-electron chi connectivity index (χ4n) is 1.72. The number of carboxylic acid groups (broad SMARTS) is 1. The number of hydrogen-bond donors (Lipinski definition) is 2. The summed E-state index contributed by atoms with van der Waals surface area (Å²) >= 11 is 0. The molecule has 0 saturated heterocycles. The SMILES string of the molecule is O=C(N[C@H](Cc1cnc[nH]1)C(=O)[O-])OCc1ccccc1. The lowest BCUT2D eigenvalue weighted by Crippen LogP contribution is -2.49. The van der Waals surface area contributed by atoms with Crippen LogP contribution in [0.3, 0.4) is 0 Å². The van der Waals surface area contributed by atoms with Gasteiger partial charge >= 0.3 is 6.09 Å². The van der Waals surface area contributed by atoms with E-state index in [4.69, 9.17) is 4.74 Å². The number of nitrogens with zero attached hydrogens (tertiary/aromatic N) is 1. The Kier molecular flexibility index (Phi) is 4.92. The molecule has 0 radical (unpaired) electrons. The van der Waals surface area contributed by atoms with Crippen LogP contribution in [0.5, 0.6) is 0 Å². The standard InChI is InChI=1S/C14H15N3O4/c18-13(19)12(6-11-7-15-9-16-11)17-14(20)21-8-10-4-2-1-3-5-10/h1-5,7,9,12H,6,8H2,(H,15,16)(H,17,20)(H,18,19)/p-1/t12-/m1/s1. The number of benzene rings is 1. The molecule has 21 heavy (non-hydrogen) atoms. The van der Waals surface area contributed by atoms with E-state index in [-0.39, 0.29) is 13.0 Å². The number of imidazole rings is 1. The molecule has 110 valence electrons. The second-order valence-electron chi connectivity index (χ2n) is 4.36. The molecule has 0 aliphatic carbocycles. The van der Waals surface area contributed by atoms with E-state index in [1.807, 2.05) is 18.2 Å². The molecule has 7 heteroatoms. The summed E-state index contributed by atoms with van der Waals surface area (Å²) in [7, 11) is 0. The Bertz CT molecular complexity index is 584. The van der Waals surface area contributed by atoms with Crippen molar-refractivity contribution in [3.63, 3.8) is 0 Å². The maximum absolute atomic E-state index is 11.6. The molecule has 0 aliphatic rings. The summed E-state index contributed by atoms with van der Waals surface area (Å²) in [5.41, 5.74) is 1.39. The topological polar surface area (TPSA) is 107 Å². The molecule has 1 amide bonds. The van der Waals surface area contributed by atoms with Crippen molar-refractivity contribution in [2.24, 2.45) is 0 Å². The predicted octanol–water partition coefficient (Wildman–Crippen LogP) is -0.00290. The minimum Gasteiger partial charge on any atom is -0.548 e. The lowest BCUT2D eigenvalue weighted by atomic mass is 10.2. The number of aliphatic carboxylic acids is 1. The van der Waals surface area contributed by atoms with Crippen LogP contribution in [0.25, 0.3) is 0 Å². The number of ether oxygens (including phenoxy) is 1. The third-order valence-corrected chi connectivity index (χ3v) is 2.77. The van der Waals surface area contributed by atoms with Crippen LogP contribution in [0.15, 0.2) is 42.9 Å². The van der Waals surface area contributed by atoms with E-state index in [2.05, 4.69) is 15.3 Å². The summed E-state index contributed by atoms with van der Waals surface area (Å²) in [5, 5.41) is 13.3. The Hall–Kier alpha value is -2.83. The van der Waals surface area contributed by atoms with E-state index in [1.54, 1.807) is 12.1 Å². The van der Waals surface area contributed by atoms with E-state index >= 15 is 0 Å². The number of amides is 1. The quantitative estimate of drug-likeness (QED) is 0.777. The van der Waals surface area contributed by atoms with Crippen LogP contribution < -0.4 is 10.4 Å². The van der Waals surface area contributed by atoms with Gasteiger partial charge in [0.1, 0.15) is 6.61 Å². The molecule has 0 saturated carbocycles. The second-order valence-corrected chi connectivity index (χ2v) is 4.36. The van der Waals surface area contributed by atoms with Gasteiger partial charge in [0.15, 0.2) is 0 Å². The summed E-state index contributed by atoms with van der Waals surface area (Å²) in [6.45, 7) is 0.0660. The smallest absolute Gasteiger partial charge is 0.408 e. The molecule has 1 atom stereocenters. The molecule has 0 unspecified atom stereocenters. The van der Waals surface area contributed by atoms with E-state index in [0.717, 1.165) is 5.56 Å². The van der Waals surface area contributed by atoms with Gasteiger partial charge in [-0.25, -0.2) is 9.78 Å². The minimum absolute atomic E-state index is 0.0444. The summed E-state index contributed by atoms with van der Waals surface area (Å²) in [6, 6.07) is 7.90. The average molecular weight is 288 g/mol. The van der Waals surface area contributed by atoms with Crippen LogP contribution in [0, 0.1) is 0 Å². The highest BCUT2D eigenvalue weighted by atomic mass is 16.5. The Morgan fingerprint density at radius 1 is 1.33 bits per heavy atom. The molecule has 0 bridgehead atoms. The van der Waals surface area contributed by atoms with Crippen molar-refractivity contribution in [3.8, 4) is 0 Å². The number of hydrogen-bond acceptors (Lipinski definition) is 5. The van der Waals surface area contributed by atoms with Gasteiger partial charge in [-0.1, -0.05) is 30.3 Å². The van der Waals surface area contributed by atoms with Crippen LogP contribution >= 0.6 is 0 Å². The number of alkyl carbamates (subject to hydrolysis) is 1. The molecule has 2 rings (SSSR count). The molecule has 1 heterocycles. The van der Waals surface area contributed by atoms with Crippen molar-refractivity contribution in [2.45, 2.75) is 19.1 Å². The Morgan fingerprint density at radius 2 is 2.10 bits per heavy atom. The molecule has 1 aromatic carbocycles. The van der Waals surface area contributed by atoms with Gasteiger partial charge in [-0.2, -0.15) is 0 Å². The first-order valence-corrected chi connectivity index (χ1v) is 6.30. The zero-order valence-electron chi connectivity index (χ0n) is 11.1. The van der Waals surface area contributed by atoms with Gasteiger partial charge in [0.05, 0.1) is 18.3 Å². The number of carbonyl (C=O) groups excluding carboxylic acids is 2. The number of carbonyl (C=O) groups is 2. The summed E-state index contributed by atoms with van der Waals surface area (Å²) < 4.78 is 4.96. The zero-order valence-corrected chi connectivity index (χ0v) is 11.1. The third kappa shape index (κ3) is 4.64. The molecule has 0 aliphatic heterocycles. The minimum atomic E-state index is -1.39. The molecular weight excluding hydrogens is 274 g/mol. The van der Waals surface area contributed by atoms with Crippen LogP contribution in [0.2, 0.25) is 0 Å². The van der Waals surface area contributed by atoms with Crippen LogP contribution in [0.1, 0.15) is 11.3 Å². The number of carboxylic acids is 1. The van der Waals surface area contributed by atoms with E-state index in [9.17, 15) is 14.7 Å². The molecular formula is C14H14N3O4-. The maximum Gasteiger partial charge on any atom is 0.408 e. The van der Waals surface area contributed by atoms with Gasteiger partial charge in [-0.15, -0.1) is 0 Å². The van der Waals surface area contributed by atoms with Crippen molar-refractivity contribution >= 4 is 12.1 Å². The monoisotopic (exact) mass is 288 g/mol. The van der Waals surface area contributed by atoms with Crippen LogP contribution in [-0.2, 0) is 22.6 Å². The normalized spacial score (nSPS) is 11.6. The van der Waals surface area contributed by atoms with Crippen LogP contribution in [0.4, 0.5) is 4.79 Å². The summed E-state index contributed by atoms with van der Waals surface area (Å²) in [4.78, 5) is 29.2. The number of nitrogens with one attached hydrogen (secondary N) is 2. The van der Waals surface area contributed by atoms with E-state index in [1.165, 1.54) is 12.5 Å². The molecule has 7 nitrogen and oxygen atoms in total. The van der Waals surface area contributed by atoms with Crippen LogP contribution in [-0.4, -0.2) is 28.1 Å². The van der Waals surface area contributed by atoms with Gasteiger partial charge in [0.2, 0.25) is 0 Å². The Balaban J connectivity index is 1.85. The van der Waals surface area contributed by atoms with Crippen molar-refractivity contribution < 1.29 is 19.4 Å². The lowest BCUT2D eigenvalue weighted by Gasteiger charge is -2.18. The highest BCUT2D eigenvalue weighted by Crippen LogP contribution is 2.02. The fraction of sp³-hybridized carbons (Fsp3) is 0.214. The fourth-order valence-corrected chi connectivity index (χ4v) is 1.72.